The van der Waals surface area contributed by atoms with Crippen molar-refractivity contribution in [1.82, 2.24) is 10.1 Å². The molecule has 0 fully saturated rings. The largest absolute Gasteiger partial charge is 0.351 e. The monoisotopic (exact) mass is 314 g/mol. The number of carbonyl (C=O) groups is 1. The Hall–Kier alpha value is -1.14. The summed E-state index contributed by atoms with van der Waals surface area (Å²) in [5.74, 6) is 0.157. The fourth-order valence-electron chi connectivity index (χ4n) is 1.44. The van der Waals surface area contributed by atoms with Crippen molar-refractivity contribution in [3.63, 3.8) is 0 Å². The van der Waals surface area contributed by atoms with E-state index in [0.717, 1.165) is 14.9 Å². The predicted octanol–water partition coefficient (Wildman–Crippen LogP) is 3.08. The minimum absolute atomic E-state index is 0.151. The summed E-state index contributed by atoms with van der Waals surface area (Å²) in [5, 5.41) is 5.62. The van der Waals surface area contributed by atoms with Crippen molar-refractivity contribution >= 4 is 33.2 Å². The molecule has 0 aliphatic carbocycles. The number of halogens is 1. The molecular weight excluding hydrogens is 304 g/mol. The van der Waals surface area contributed by atoms with Crippen LogP contribution in [0.15, 0.2) is 26.0 Å². The van der Waals surface area contributed by atoms with Gasteiger partial charge in [-0.05, 0) is 39.9 Å². The van der Waals surface area contributed by atoms with Crippen LogP contribution in [0.1, 0.15) is 21.7 Å². The standard InChI is InChI=1S/C11H11BrN2O2S/c1-7-4-13-16-10(7)11(15)14(2)5-8-3-9(12)17-6-8/h3-4,6H,5H2,1-2H3. The molecule has 0 bridgehead atoms. The molecule has 0 aromatic carbocycles. The van der Waals surface area contributed by atoms with Crippen LogP contribution in [-0.2, 0) is 6.54 Å². The van der Waals surface area contributed by atoms with Gasteiger partial charge in [-0.25, -0.2) is 0 Å². The van der Waals surface area contributed by atoms with E-state index in [0.29, 0.717) is 12.3 Å². The summed E-state index contributed by atoms with van der Waals surface area (Å²) >= 11 is 5.00. The van der Waals surface area contributed by atoms with Gasteiger partial charge in [-0.3, -0.25) is 4.79 Å². The summed E-state index contributed by atoms with van der Waals surface area (Å²) in [6.45, 7) is 2.36. The Kier molecular flexibility index (Phi) is 3.63. The third-order valence-electron chi connectivity index (χ3n) is 2.33. The summed E-state index contributed by atoms with van der Waals surface area (Å²) < 4.78 is 6.00. The van der Waals surface area contributed by atoms with Gasteiger partial charge in [-0.2, -0.15) is 0 Å². The molecule has 0 saturated heterocycles. The Balaban J connectivity index is 2.08. The van der Waals surface area contributed by atoms with E-state index in [-0.39, 0.29) is 5.91 Å². The molecule has 2 aromatic heterocycles. The SMILES string of the molecule is Cc1cnoc1C(=O)N(C)Cc1csc(Br)c1. The Morgan fingerprint density at radius 2 is 2.41 bits per heavy atom. The van der Waals surface area contributed by atoms with E-state index < -0.39 is 0 Å². The summed E-state index contributed by atoms with van der Waals surface area (Å²) in [6.07, 6.45) is 1.54. The maximum Gasteiger partial charge on any atom is 0.292 e. The van der Waals surface area contributed by atoms with Crippen LogP contribution in [0, 0.1) is 6.92 Å². The van der Waals surface area contributed by atoms with Gasteiger partial charge in [0.2, 0.25) is 5.76 Å². The van der Waals surface area contributed by atoms with Gasteiger partial charge < -0.3 is 9.42 Å². The van der Waals surface area contributed by atoms with E-state index in [1.165, 1.54) is 0 Å². The highest BCUT2D eigenvalue weighted by Gasteiger charge is 2.18. The van der Waals surface area contributed by atoms with E-state index in [9.17, 15) is 4.79 Å². The van der Waals surface area contributed by atoms with Gasteiger partial charge in [-0.15, -0.1) is 11.3 Å². The van der Waals surface area contributed by atoms with Gasteiger partial charge in [0, 0.05) is 19.2 Å². The molecule has 0 aliphatic heterocycles. The number of thiophene rings is 1. The highest BCUT2D eigenvalue weighted by atomic mass is 79.9. The molecule has 17 heavy (non-hydrogen) atoms. The molecule has 6 heteroatoms. The smallest absolute Gasteiger partial charge is 0.292 e. The molecule has 0 N–H and O–H groups in total. The zero-order valence-corrected chi connectivity index (χ0v) is 11.8. The van der Waals surface area contributed by atoms with Crippen LogP contribution >= 0.6 is 27.3 Å². The zero-order valence-electron chi connectivity index (χ0n) is 9.44. The van der Waals surface area contributed by atoms with Crippen molar-refractivity contribution in [2.45, 2.75) is 13.5 Å². The average Bonchev–Trinajstić information content (AvgIpc) is 2.86. The molecule has 1 amide bonds. The van der Waals surface area contributed by atoms with Crippen LogP contribution in [0.25, 0.3) is 0 Å². The molecule has 2 rings (SSSR count). The second-order valence-corrected chi connectivity index (χ2v) is 6.05. The fraction of sp³-hybridized carbons (Fsp3) is 0.273. The van der Waals surface area contributed by atoms with Crippen molar-refractivity contribution in [3.8, 4) is 0 Å². The van der Waals surface area contributed by atoms with Gasteiger partial charge in [-0.1, -0.05) is 5.16 Å². The first-order valence-corrected chi connectivity index (χ1v) is 6.65. The third kappa shape index (κ3) is 2.76. The van der Waals surface area contributed by atoms with Crippen molar-refractivity contribution in [1.29, 1.82) is 0 Å². The van der Waals surface area contributed by atoms with Crippen molar-refractivity contribution < 1.29 is 9.32 Å². The molecule has 90 valence electrons. The Bertz CT molecular complexity index is 535. The van der Waals surface area contributed by atoms with E-state index in [1.807, 2.05) is 11.4 Å². The quantitative estimate of drug-likeness (QED) is 0.874. The lowest BCUT2D eigenvalue weighted by molar-refractivity contribution is 0.0742. The second kappa shape index (κ2) is 5.01. The second-order valence-electron chi connectivity index (χ2n) is 3.76. The lowest BCUT2D eigenvalue weighted by atomic mass is 10.2. The van der Waals surface area contributed by atoms with Gasteiger partial charge in [0.15, 0.2) is 0 Å². The third-order valence-corrected chi connectivity index (χ3v) is 3.88. The van der Waals surface area contributed by atoms with Crippen LogP contribution < -0.4 is 0 Å². The molecule has 0 aliphatic rings. The van der Waals surface area contributed by atoms with Crippen LogP contribution in [0.3, 0.4) is 0 Å². The Morgan fingerprint density at radius 1 is 1.65 bits per heavy atom. The van der Waals surface area contributed by atoms with Crippen LogP contribution in [0.4, 0.5) is 0 Å². The fourth-order valence-corrected chi connectivity index (χ4v) is 2.64. The summed E-state index contributed by atoms with van der Waals surface area (Å²) in [5.41, 5.74) is 1.85. The summed E-state index contributed by atoms with van der Waals surface area (Å²) in [7, 11) is 1.75. The molecule has 4 nitrogen and oxygen atoms in total. The lowest BCUT2D eigenvalue weighted by Crippen LogP contribution is -2.26. The van der Waals surface area contributed by atoms with Gasteiger partial charge in [0.25, 0.3) is 5.91 Å². The van der Waals surface area contributed by atoms with Crippen molar-refractivity contribution in [2.75, 3.05) is 7.05 Å². The highest BCUT2D eigenvalue weighted by Crippen LogP contribution is 2.22. The summed E-state index contributed by atoms with van der Waals surface area (Å²) in [4.78, 5) is 13.6. The van der Waals surface area contributed by atoms with Gasteiger partial charge in [0.05, 0.1) is 9.98 Å². The first-order chi connectivity index (χ1) is 8.08. The maximum atomic E-state index is 12.0. The molecule has 0 radical (unpaired) electrons. The van der Waals surface area contributed by atoms with E-state index >= 15 is 0 Å². The van der Waals surface area contributed by atoms with Crippen LogP contribution in [0.5, 0.6) is 0 Å². The predicted molar refractivity (Wildman–Crippen MR) is 69.1 cm³/mol. The van der Waals surface area contributed by atoms with Crippen LogP contribution in [-0.4, -0.2) is 23.0 Å². The van der Waals surface area contributed by atoms with E-state index in [4.69, 9.17) is 4.52 Å². The normalized spacial score (nSPS) is 10.5. The van der Waals surface area contributed by atoms with Gasteiger partial charge in [0.1, 0.15) is 0 Å². The number of aryl methyl sites for hydroxylation is 1. The first-order valence-electron chi connectivity index (χ1n) is 4.97. The minimum atomic E-state index is -0.151. The topological polar surface area (TPSA) is 46.3 Å². The minimum Gasteiger partial charge on any atom is -0.351 e. The van der Waals surface area contributed by atoms with Gasteiger partial charge >= 0.3 is 0 Å². The Morgan fingerprint density at radius 3 is 2.94 bits per heavy atom. The molecule has 2 aromatic rings. The number of hydrogen-bond acceptors (Lipinski definition) is 4. The zero-order chi connectivity index (χ0) is 12.4. The van der Waals surface area contributed by atoms with E-state index in [1.54, 1.807) is 36.4 Å². The number of rotatable bonds is 3. The van der Waals surface area contributed by atoms with E-state index in [2.05, 4.69) is 21.1 Å². The lowest BCUT2D eigenvalue weighted by Gasteiger charge is -2.14. The first kappa shape index (κ1) is 12.3. The van der Waals surface area contributed by atoms with Crippen molar-refractivity contribution in [2.24, 2.45) is 0 Å². The van der Waals surface area contributed by atoms with Crippen LogP contribution in [0.2, 0.25) is 0 Å². The molecule has 0 saturated carbocycles. The Labute approximate surface area is 111 Å². The molecular formula is C11H11BrN2O2S. The summed E-state index contributed by atoms with van der Waals surface area (Å²) in [6, 6.07) is 2.00. The average molecular weight is 315 g/mol. The highest BCUT2D eigenvalue weighted by molar-refractivity contribution is 9.11. The number of aromatic nitrogens is 1. The molecule has 0 spiro atoms. The molecule has 0 atom stereocenters. The maximum absolute atomic E-state index is 12.0. The number of carbonyl (C=O) groups excluding carboxylic acids is 1. The molecule has 0 unspecified atom stereocenters. The number of hydrogen-bond donors (Lipinski definition) is 0. The molecule has 2 heterocycles. The van der Waals surface area contributed by atoms with Crippen molar-refractivity contribution in [3.05, 3.63) is 38.3 Å². The number of nitrogens with zero attached hydrogens (tertiary/aromatic N) is 2. The number of amides is 1.